The first-order valence-electron chi connectivity index (χ1n) is 6.22. The van der Waals surface area contributed by atoms with E-state index in [1.807, 2.05) is 13.8 Å². The number of nitrogens with one attached hydrogen (secondary N) is 1. The van der Waals surface area contributed by atoms with E-state index in [4.69, 9.17) is 5.11 Å². The summed E-state index contributed by atoms with van der Waals surface area (Å²) in [5.74, 6) is 0. The highest BCUT2D eigenvalue weighted by molar-refractivity contribution is 7.92. The molecule has 0 radical (unpaired) electrons. The summed E-state index contributed by atoms with van der Waals surface area (Å²) in [5.41, 5.74) is 3.19. The van der Waals surface area contributed by atoms with Crippen molar-refractivity contribution in [3.8, 4) is 0 Å². The Balaban J connectivity index is 2.27. The standard InChI is InChI=1S/C15H17NO3S/c1-11-3-8-15(9-12(11)2)20(18,19)16-14-6-4-13(10-17)5-7-14/h3-9,16-17H,10H2,1-2H3. The molecular weight excluding hydrogens is 274 g/mol. The zero-order chi connectivity index (χ0) is 14.8. The lowest BCUT2D eigenvalue weighted by Crippen LogP contribution is -2.13. The molecule has 0 aliphatic carbocycles. The van der Waals surface area contributed by atoms with Crippen LogP contribution in [-0.2, 0) is 16.6 Å². The van der Waals surface area contributed by atoms with Crippen molar-refractivity contribution in [2.75, 3.05) is 4.72 Å². The molecule has 0 aliphatic rings. The third-order valence-corrected chi connectivity index (χ3v) is 4.56. The topological polar surface area (TPSA) is 66.4 Å². The third kappa shape index (κ3) is 3.18. The summed E-state index contributed by atoms with van der Waals surface area (Å²) in [7, 11) is -3.58. The lowest BCUT2D eigenvalue weighted by Gasteiger charge is -2.10. The van der Waals surface area contributed by atoms with Gasteiger partial charge in [0.1, 0.15) is 0 Å². The number of aliphatic hydroxyl groups is 1. The van der Waals surface area contributed by atoms with Crippen molar-refractivity contribution in [3.63, 3.8) is 0 Å². The molecule has 0 bridgehead atoms. The Labute approximate surface area is 119 Å². The number of hydrogen-bond donors (Lipinski definition) is 2. The maximum absolute atomic E-state index is 12.3. The average molecular weight is 291 g/mol. The third-order valence-electron chi connectivity index (χ3n) is 3.18. The molecule has 4 nitrogen and oxygen atoms in total. The highest BCUT2D eigenvalue weighted by Gasteiger charge is 2.14. The molecule has 106 valence electrons. The van der Waals surface area contributed by atoms with E-state index in [1.54, 1.807) is 42.5 Å². The summed E-state index contributed by atoms with van der Waals surface area (Å²) in [4.78, 5) is 0.242. The highest BCUT2D eigenvalue weighted by Crippen LogP contribution is 2.19. The lowest BCUT2D eigenvalue weighted by atomic mass is 10.1. The number of rotatable bonds is 4. The Morgan fingerprint density at radius 3 is 2.20 bits per heavy atom. The van der Waals surface area contributed by atoms with Gasteiger partial charge in [0.05, 0.1) is 11.5 Å². The molecule has 0 spiro atoms. The van der Waals surface area contributed by atoms with Crippen molar-refractivity contribution in [1.29, 1.82) is 0 Å². The van der Waals surface area contributed by atoms with E-state index in [2.05, 4.69) is 4.72 Å². The average Bonchev–Trinajstić information content (AvgIpc) is 2.42. The van der Waals surface area contributed by atoms with Crippen molar-refractivity contribution in [2.45, 2.75) is 25.3 Å². The molecule has 0 saturated heterocycles. The van der Waals surface area contributed by atoms with Crippen LogP contribution in [0.5, 0.6) is 0 Å². The second kappa shape index (κ2) is 5.64. The molecule has 20 heavy (non-hydrogen) atoms. The number of aliphatic hydroxyl groups excluding tert-OH is 1. The van der Waals surface area contributed by atoms with E-state index >= 15 is 0 Å². The first kappa shape index (κ1) is 14.6. The van der Waals surface area contributed by atoms with Gasteiger partial charge in [0.15, 0.2) is 0 Å². The summed E-state index contributed by atoms with van der Waals surface area (Å²) >= 11 is 0. The van der Waals surface area contributed by atoms with Gasteiger partial charge in [-0.1, -0.05) is 18.2 Å². The maximum Gasteiger partial charge on any atom is 0.261 e. The smallest absolute Gasteiger partial charge is 0.261 e. The van der Waals surface area contributed by atoms with Crippen LogP contribution in [0.25, 0.3) is 0 Å². The van der Waals surface area contributed by atoms with Crippen LogP contribution in [0.4, 0.5) is 5.69 Å². The van der Waals surface area contributed by atoms with Crippen molar-refractivity contribution in [1.82, 2.24) is 0 Å². The SMILES string of the molecule is Cc1ccc(S(=O)(=O)Nc2ccc(CO)cc2)cc1C. The fourth-order valence-electron chi connectivity index (χ4n) is 1.77. The monoisotopic (exact) mass is 291 g/mol. The molecule has 2 rings (SSSR count). The molecule has 0 aromatic heterocycles. The van der Waals surface area contributed by atoms with E-state index < -0.39 is 10.0 Å². The molecule has 5 heteroatoms. The predicted molar refractivity (Wildman–Crippen MR) is 79.1 cm³/mol. The van der Waals surface area contributed by atoms with Crippen molar-refractivity contribution in [2.24, 2.45) is 0 Å². The Morgan fingerprint density at radius 2 is 1.65 bits per heavy atom. The van der Waals surface area contributed by atoms with Gasteiger partial charge >= 0.3 is 0 Å². The van der Waals surface area contributed by atoms with Gasteiger partial charge in [-0.15, -0.1) is 0 Å². The van der Waals surface area contributed by atoms with Crippen molar-refractivity contribution < 1.29 is 13.5 Å². The Hall–Kier alpha value is -1.85. The molecule has 0 heterocycles. The van der Waals surface area contributed by atoms with Crippen LogP contribution in [0.15, 0.2) is 47.4 Å². The van der Waals surface area contributed by atoms with Crippen molar-refractivity contribution >= 4 is 15.7 Å². The Bertz CT molecular complexity index is 706. The molecule has 0 saturated carbocycles. The zero-order valence-electron chi connectivity index (χ0n) is 11.4. The van der Waals surface area contributed by atoms with Crippen LogP contribution in [0.1, 0.15) is 16.7 Å². The molecule has 2 aromatic carbocycles. The zero-order valence-corrected chi connectivity index (χ0v) is 12.2. The predicted octanol–water partition coefficient (Wildman–Crippen LogP) is 2.60. The minimum absolute atomic E-state index is 0.0653. The summed E-state index contributed by atoms with van der Waals surface area (Å²) in [5, 5.41) is 8.96. The fourth-order valence-corrected chi connectivity index (χ4v) is 2.92. The van der Waals surface area contributed by atoms with Gasteiger partial charge in [-0.05, 0) is 54.8 Å². The Morgan fingerprint density at radius 1 is 1.00 bits per heavy atom. The number of aryl methyl sites for hydroxylation is 2. The highest BCUT2D eigenvalue weighted by atomic mass is 32.2. The van der Waals surface area contributed by atoms with Gasteiger partial charge in [-0.2, -0.15) is 0 Å². The summed E-state index contributed by atoms with van der Waals surface area (Å²) in [6, 6.07) is 11.6. The van der Waals surface area contributed by atoms with Crippen LogP contribution in [0.3, 0.4) is 0 Å². The molecule has 0 unspecified atom stereocenters. The van der Waals surface area contributed by atoms with Gasteiger partial charge in [-0.25, -0.2) is 8.42 Å². The normalized spacial score (nSPS) is 11.3. The minimum atomic E-state index is -3.58. The van der Waals surface area contributed by atoms with Crippen LogP contribution in [0, 0.1) is 13.8 Å². The lowest BCUT2D eigenvalue weighted by molar-refractivity contribution is 0.282. The van der Waals surface area contributed by atoms with E-state index in [0.29, 0.717) is 5.69 Å². The van der Waals surface area contributed by atoms with Gasteiger partial charge in [0.25, 0.3) is 10.0 Å². The largest absolute Gasteiger partial charge is 0.392 e. The quantitative estimate of drug-likeness (QED) is 0.910. The number of sulfonamides is 1. The fraction of sp³-hybridized carbons (Fsp3) is 0.200. The van der Waals surface area contributed by atoms with Gasteiger partial charge < -0.3 is 5.11 Å². The van der Waals surface area contributed by atoms with E-state index in [9.17, 15) is 8.42 Å². The number of hydrogen-bond acceptors (Lipinski definition) is 3. The molecule has 0 atom stereocenters. The van der Waals surface area contributed by atoms with Gasteiger partial charge in [0, 0.05) is 5.69 Å². The van der Waals surface area contributed by atoms with E-state index in [1.165, 1.54) is 0 Å². The second-order valence-electron chi connectivity index (χ2n) is 4.71. The Kier molecular flexibility index (Phi) is 4.11. The van der Waals surface area contributed by atoms with Crippen LogP contribution in [0.2, 0.25) is 0 Å². The number of anilines is 1. The summed E-state index contributed by atoms with van der Waals surface area (Å²) in [6.07, 6.45) is 0. The summed E-state index contributed by atoms with van der Waals surface area (Å²) < 4.78 is 27.0. The first-order chi connectivity index (χ1) is 9.42. The molecule has 0 amide bonds. The number of benzene rings is 2. The maximum atomic E-state index is 12.3. The molecule has 0 fully saturated rings. The molecule has 2 aromatic rings. The van der Waals surface area contributed by atoms with Crippen LogP contribution in [-0.4, -0.2) is 13.5 Å². The summed E-state index contributed by atoms with van der Waals surface area (Å²) in [6.45, 7) is 3.75. The second-order valence-corrected chi connectivity index (χ2v) is 6.39. The van der Waals surface area contributed by atoms with E-state index in [-0.39, 0.29) is 11.5 Å². The van der Waals surface area contributed by atoms with Gasteiger partial charge in [-0.3, -0.25) is 4.72 Å². The molecular formula is C15H17NO3S. The minimum Gasteiger partial charge on any atom is -0.392 e. The molecule has 2 N–H and O–H groups in total. The van der Waals surface area contributed by atoms with Crippen LogP contribution < -0.4 is 4.72 Å². The van der Waals surface area contributed by atoms with Crippen molar-refractivity contribution in [3.05, 3.63) is 59.2 Å². The van der Waals surface area contributed by atoms with E-state index in [0.717, 1.165) is 16.7 Å². The van der Waals surface area contributed by atoms with Crippen LogP contribution >= 0.6 is 0 Å². The van der Waals surface area contributed by atoms with Gasteiger partial charge in [0.2, 0.25) is 0 Å². The molecule has 0 aliphatic heterocycles. The first-order valence-corrected chi connectivity index (χ1v) is 7.70.